The first-order valence-corrected chi connectivity index (χ1v) is 10.7. The molecule has 0 atom stereocenters. The molecule has 0 spiro atoms. The Morgan fingerprint density at radius 2 is 1.73 bits per heavy atom. The zero-order valence-electron chi connectivity index (χ0n) is 17.9. The minimum atomic E-state index is -0.185. The topological polar surface area (TPSA) is 68.5 Å². The first kappa shape index (κ1) is 20.5. The third kappa shape index (κ3) is 5.07. The Kier molecular flexibility index (Phi) is 5.80. The summed E-state index contributed by atoms with van der Waals surface area (Å²) < 4.78 is 7.82. The van der Waals surface area contributed by atoms with Gasteiger partial charge < -0.3 is 14.5 Å². The van der Waals surface area contributed by atoms with Crippen LogP contribution in [0.5, 0.6) is 5.75 Å². The lowest BCUT2D eigenvalue weighted by atomic mass is 10.1. The van der Waals surface area contributed by atoms with Crippen molar-refractivity contribution in [3.63, 3.8) is 0 Å². The molecule has 0 fully saturated rings. The van der Waals surface area contributed by atoms with Crippen LogP contribution in [-0.4, -0.2) is 20.3 Å². The summed E-state index contributed by atoms with van der Waals surface area (Å²) in [5, 5.41) is 2.95. The molecule has 5 aromatic rings. The highest BCUT2D eigenvalue weighted by Gasteiger charge is 2.09. The number of rotatable bonds is 7. The van der Waals surface area contributed by atoms with E-state index in [0.717, 1.165) is 23.4 Å². The molecule has 3 aromatic heterocycles. The van der Waals surface area contributed by atoms with E-state index >= 15 is 0 Å². The number of hydrogen-bond donors (Lipinski definition) is 1. The largest absolute Gasteiger partial charge is 0.487 e. The highest BCUT2D eigenvalue weighted by atomic mass is 16.5. The van der Waals surface area contributed by atoms with Crippen molar-refractivity contribution in [2.24, 2.45) is 0 Å². The number of benzene rings is 2. The third-order valence-electron chi connectivity index (χ3n) is 5.27. The number of ether oxygens (including phenoxy) is 1. The van der Waals surface area contributed by atoms with Crippen LogP contribution in [-0.2, 0) is 13.0 Å². The second-order valence-electron chi connectivity index (χ2n) is 7.70. The average Bonchev–Trinajstić information content (AvgIpc) is 3.28. The first-order valence-electron chi connectivity index (χ1n) is 10.7. The zero-order valence-corrected chi connectivity index (χ0v) is 17.9. The van der Waals surface area contributed by atoms with Gasteiger partial charge in [-0.2, -0.15) is 0 Å². The van der Waals surface area contributed by atoms with Gasteiger partial charge in [-0.15, -0.1) is 0 Å². The lowest BCUT2D eigenvalue weighted by Crippen LogP contribution is -2.12. The molecule has 2 aromatic carbocycles. The summed E-state index contributed by atoms with van der Waals surface area (Å²) in [6.45, 7) is 0.325. The summed E-state index contributed by atoms with van der Waals surface area (Å²) >= 11 is 0. The molecule has 0 aliphatic carbocycles. The van der Waals surface area contributed by atoms with Crippen LogP contribution in [0.2, 0.25) is 0 Å². The molecular weight excluding hydrogens is 412 g/mol. The van der Waals surface area contributed by atoms with Gasteiger partial charge in [-0.1, -0.05) is 24.3 Å². The van der Waals surface area contributed by atoms with Gasteiger partial charge in [0.05, 0.1) is 5.69 Å². The molecule has 0 saturated carbocycles. The molecule has 6 heteroatoms. The highest BCUT2D eigenvalue weighted by molar-refractivity contribution is 6.04. The van der Waals surface area contributed by atoms with E-state index < -0.39 is 0 Å². The van der Waals surface area contributed by atoms with Crippen molar-refractivity contribution in [3.05, 3.63) is 126 Å². The second kappa shape index (κ2) is 9.36. The third-order valence-corrected chi connectivity index (χ3v) is 5.27. The SMILES string of the molecule is O=C(Nc1ccc(Cc2ccncc2)cc1)c1cccc(OCc2cn3ccccc3n2)c1. The van der Waals surface area contributed by atoms with Gasteiger partial charge in [0.25, 0.3) is 5.91 Å². The van der Waals surface area contributed by atoms with Crippen molar-refractivity contribution in [2.75, 3.05) is 5.32 Å². The summed E-state index contributed by atoms with van der Waals surface area (Å²) in [4.78, 5) is 21.3. The number of carbonyl (C=O) groups is 1. The fraction of sp³-hybridized carbons (Fsp3) is 0.0741. The maximum Gasteiger partial charge on any atom is 0.255 e. The molecule has 0 aliphatic rings. The summed E-state index contributed by atoms with van der Waals surface area (Å²) in [7, 11) is 0. The predicted octanol–water partition coefficient (Wildman–Crippen LogP) is 5.15. The predicted molar refractivity (Wildman–Crippen MR) is 127 cm³/mol. The number of fused-ring (bicyclic) bond motifs is 1. The lowest BCUT2D eigenvalue weighted by Gasteiger charge is -2.09. The molecule has 3 heterocycles. The van der Waals surface area contributed by atoms with Gasteiger partial charge in [-0.3, -0.25) is 9.78 Å². The minimum Gasteiger partial charge on any atom is -0.487 e. The van der Waals surface area contributed by atoms with E-state index in [1.807, 2.05) is 83.5 Å². The van der Waals surface area contributed by atoms with Gasteiger partial charge in [-0.25, -0.2) is 4.98 Å². The summed E-state index contributed by atoms with van der Waals surface area (Å²) in [6.07, 6.45) is 8.29. The van der Waals surface area contributed by atoms with Gasteiger partial charge in [0, 0.05) is 36.0 Å². The fourth-order valence-corrected chi connectivity index (χ4v) is 3.59. The number of carbonyl (C=O) groups excluding carboxylic acids is 1. The van der Waals surface area contributed by atoms with E-state index in [2.05, 4.69) is 15.3 Å². The van der Waals surface area contributed by atoms with Crippen LogP contribution >= 0.6 is 0 Å². The summed E-state index contributed by atoms with van der Waals surface area (Å²) in [5.41, 5.74) is 5.33. The van der Waals surface area contributed by atoms with E-state index in [4.69, 9.17) is 4.74 Å². The normalized spacial score (nSPS) is 10.8. The van der Waals surface area contributed by atoms with Gasteiger partial charge >= 0.3 is 0 Å². The van der Waals surface area contributed by atoms with Crippen molar-refractivity contribution >= 4 is 17.2 Å². The average molecular weight is 434 g/mol. The molecule has 162 valence electrons. The Morgan fingerprint density at radius 1 is 0.909 bits per heavy atom. The molecular formula is C27H22N4O2. The molecule has 5 rings (SSSR count). The van der Waals surface area contributed by atoms with E-state index in [9.17, 15) is 4.79 Å². The number of anilines is 1. The lowest BCUT2D eigenvalue weighted by molar-refractivity contribution is 0.102. The fourth-order valence-electron chi connectivity index (χ4n) is 3.59. The Labute approximate surface area is 191 Å². The minimum absolute atomic E-state index is 0.185. The maximum absolute atomic E-state index is 12.7. The van der Waals surface area contributed by atoms with Crippen LogP contribution in [0.25, 0.3) is 5.65 Å². The van der Waals surface area contributed by atoms with Crippen molar-refractivity contribution in [1.29, 1.82) is 0 Å². The van der Waals surface area contributed by atoms with Crippen LogP contribution in [0.1, 0.15) is 27.2 Å². The van der Waals surface area contributed by atoms with E-state index in [1.54, 1.807) is 24.5 Å². The van der Waals surface area contributed by atoms with E-state index in [-0.39, 0.29) is 5.91 Å². The molecule has 0 radical (unpaired) electrons. The molecule has 33 heavy (non-hydrogen) atoms. The zero-order chi connectivity index (χ0) is 22.5. The van der Waals surface area contributed by atoms with Gasteiger partial charge in [-0.05, 0) is 72.1 Å². The van der Waals surface area contributed by atoms with Crippen LogP contribution in [0, 0.1) is 0 Å². The van der Waals surface area contributed by atoms with Crippen molar-refractivity contribution in [2.45, 2.75) is 13.0 Å². The number of hydrogen-bond acceptors (Lipinski definition) is 4. The number of amides is 1. The number of nitrogens with zero attached hydrogens (tertiary/aromatic N) is 3. The number of aromatic nitrogens is 3. The van der Waals surface area contributed by atoms with Gasteiger partial charge in [0.1, 0.15) is 18.0 Å². The van der Waals surface area contributed by atoms with Crippen molar-refractivity contribution < 1.29 is 9.53 Å². The van der Waals surface area contributed by atoms with Gasteiger partial charge in [0.2, 0.25) is 0 Å². The monoisotopic (exact) mass is 434 g/mol. The molecule has 1 amide bonds. The van der Waals surface area contributed by atoms with Crippen LogP contribution < -0.4 is 10.1 Å². The van der Waals surface area contributed by atoms with Crippen molar-refractivity contribution in [3.8, 4) is 5.75 Å². The first-order chi connectivity index (χ1) is 16.2. The smallest absolute Gasteiger partial charge is 0.255 e. The molecule has 1 N–H and O–H groups in total. The summed E-state index contributed by atoms with van der Waals surface area (Å²) in [5.74, 6) is 0.433. The van der Waals surface area contributed by atoms with Crippen LogP contribution in [0.3, 0.4) is 0 Å². The van der Waals surface area contributed by atoms with E-state index in [0.29, 0.717) is 17.9 Å². The maximum atomic E-state index is 12.7. The molecule has 0 bridgehead atoms. The molecule has 0 unspecified atom stereocenters. The highest BCUT2D eigenvalue weighted by Crippen LogP contribution is 2.18. The Balaban J connectivity index is 1.20. The van der Waals surface area contributed by atoms with E-state index in [1.165, 1.54) is 11.1 Å². The van der Waals surface area contributed by atoms with Crippen LogP contribution in [0.4, 0.5) is 5.69 Å². The Bertz CT molecular complexity index is 1350. The number of nitrogens with one attached hydrogen (secondary N) is 1. The summed E-state index contributed by atoms with van der Waals surface area (Å²) in [6, 6.07) is 24.9. The number of pyridine rings is 2. The number of imidazole rings is 1. The van der Waals surface area contributed by atoms with Crippen molar-refractivity contribution in [1.82, 2.24) is 14.4 Å². The molecule has 0 aliphatic heterocycles. The molecule has 0 saturated heterocycles. The van der Waals surface area contributed by atoms with Gasteiger partial charge in [0.15, 0.2) is 0 Å². The quantitative estimate of drug-likeness (QED) is 0.385. The second-order valence-corrected chi connectivity index (χ2v) is 7.70. The Morgan fingerprint density at radius 3 is 2.55 bits per heavy atom. The standard InChI is InChI=1S/C27H22N4O2/c32-27(30-23-9-7-20(8-10-23)16-21-11-13-28-14-12-21)22-4-3-5-25(17-22)33-19-24-18-31-15-2-1-6-26(31)29-24/h1-15,17-18H,16,19H2,(H,30,32). The Hall–Kier alpha value is -4.45. The molecule has 6 nitrogen and oxygen atoms in total. The van der Waals surface area contributed by atoms with Crippen LogP contribution in [0.15, 0.2) is 104 Å².